The number of nitro benzene ring substituents is 1. The number of rotatable bonds is 7. The number of benzene rings is 3. The van der Waals surface area contributed by atoms with Gasteiger partial charge in [-0.3, -0.25) is 14.9 Å². The molecule has 0 saturated heterocycles. The van der Waals surface area contributed by atoms with Crippen LogP contribution in [0, 0.1) is 10.1 Å². The van der Waals surface area contributed by atoms with Gasteiger partial charge in [-0.25, -0.2) is 10.2 Å². The minimum Gasteiger partial charge on any atom is -0.493 e. The quantitative estimate of drug-likeness (QED) is 0.170. The van der Waals surface area contributed by atoms with Crippen LogP contribution in [-0.4, -0.2) is 30.1 Å². The van der Waals surface area contributed by atoms with Gasteiger partial charge < -0.3 is 9.47 Å². The minimum absolute atomic E-state index is 0.130. The van der Waals surface area contributed by atoms with Crippen LogP contribution in [0.2, 0.25) is 0 Å². The Kier molecular flexibility index (Phi) is 7.29. The third kappa shape index (κ3) is 5.76. The normalized spacial score (nSPS) is 10.6. The van der Waals surface area contributed by atoms with Crippen molar-refractivity contribution in [3.63, 3.8) is 0 Å². The maximum Gasteiger partial charge on any atom is 0.343 e. The van der Waals surface area contributed by atoms with Crippen LogP contribution >= 0.6 is 15.9 Å². The molecule has 0 saturated carbocycles. The fraction of sp³-hybridized carbons (Fsp3) is 0.0455. The molecule has 0 spiro atoms. The van der Waals surface area contributed by atoms with Gasteiger partial charge in [0.15, 0.2) is 11.5 Å². The Hall–Kier alpha value is -4.05. The molecular weight excluding hydrogens is 482 g/mol. The Morgan fingerprint density at radius 1 is 1.03 bits per heavy atom. The van der Waals surface area contributed by atoms with Crippen molar-refractivity contribution in [3.05, 3.63) is 98.0 Å². The van der Waals surface area contributed by atoms with Crippen LogP contribution in [0.3, 0.4) is 0 Å². The van der Waals surface area contributed by atoms with E-state index in [-0.39, 0.29) is 28.7 Å². The van der Waals surface area contributed by atoms with Crippen molar-refractivity contribution in [2.45, 2.75) is 0 Å². The predicted octanol–water partition coefficient (Wildman–Crippen LogP) is 4.35. The van der Waals surface area contributed by atoms with Gasteiger partial charge in [-0.2, -0.15) is 5.10 Å². The number of nitro groups is 1. The SMILES string of the molecule is COc1cc(/C=N/NC(=O)c2cccc(Br)c2)ccc1OC(=O)c1ccc([N+](=O)[O-])cc1. The van der Waals surface area contributed by atoms with Crippen molar-refractivity contribution < 1.29 is 24.0 Å². The lowest BCUT2D eigenvalue weighted by Crippen LogP contribution is -2.17. The topological polar surface area (TPSA) is 120 Å². The van der Waals surface area contributed by atoms with Crippen molar-refractivity contribution in [1.82, 2.24) is 5.43 Å². The molecule has 9 nitrogen and oxygen atoms in total. The summed E-state index contributed by atoms with van der Waals surface area (Å²) in [6.07, 6.45) is 1.42. The van der Waals surface area contributed by atoms with E-state index in [1.807, 2.05) is 6.07 Å². The number of hydrogen-bond donors (Lipinski definition) is 1. The van der Waals surface area contributed by atoms with E-state index in [0.29, 0.717) is 11.1 Å². The van der Waals surface area contributed by atoms with Crippen molar-refractivity contribution in [2.24, 2.45) is 5.10 Å². The second-order valence-corrected chi connectivity index (χ2v) is 7.23. The summed E-state index contributed by atoms with van der Waals surface area (Å²) < 4.78 is 11.4. The highest BCUT2D eigenvalue weighted by Crippen LogP contribution is 2.28. The molecule has 3 rings (SSSR count). The van der Waals surface area contributed by atoms with Gasteiger partial charge in [0.1, 0.15) is 0 Å². The molecular formula is C22H16BrN3O6. The first-order valence-corrected chi connectivity index (χ1v) is 9.90. The van der Waals surface area contributed by atoms with E-state index in [1.165, 1.54) is 43.7 Å². The zero-order chi connectivity index (χ0) is 23.1. The molecule has 10 heteroatoms. The highest BCUT2D eigenvalue weighted by molar-refractivity contribution is 9.10. The molecule has 0 fully saturated rings. The first-order chi connectivity index (χ1) is 15.4. The summed E-state index contributed by atoms with van der Waals surface area (Å²) in [6.45, 7) is 0. The molecule has 1 amide bonds. The van der Waals surface area contributed by atoms with E-state index in [1.54, 1.807) is 30.3 Å². The molecule has 0 aliphatic carbocycles. The highest BCUT2D eigenvalue weighted by atomic mass is 79.9. The molecule has 32 heavy (non-hydrogen) atoms. The largest absolute Gasteiger partial charge is 0.493 e. The Morgan fingerprint density at radius 2 is 1.78 bits per heavy atom. The summed E-state index contributed by atoms with van der Waals surface area (Å²) in [5, 5.41) is 14.6. The summed E-state index contributed by atoms with van der Waals surface area (Å²) in [7, 11) is 1.41. The Labute approximate surface area is 190 Å². The summed E-state index contributed by atoms with van der Waals surface area (Å²) >= 11 is 3.30. The first kappa shape index (κ1) is 22.6. The number of carbonyl (C=O) groups excluding carboxylic acids is 2. The third-order valence-electron chi connectivity index (χ3n) is 4.17. The lowest BCUT2D eigenvalue weighted by molar-refractivity contribution is -0.384. The van der Waals surface area contributed by atoms with Crippen LogP contribution in [0.5, 0.6) is 11.5 Å². The number of carbonyl (C=O) groups is 2. The molecule has 0 bridgehead atoms. The maximum absolute atomic E-state index is 12.3. The summed E-state index contributed by atoms with van der Waals surface area (Å²) in [5.41, 5.74) is 3.49. The fourth-order valence-electron chi connectivity index (χ4n) is 2.59. The first-order valence-electron chi connectivity index (χ1n) is 9.11. The number of ether oxygens (including phenoxy) is 2. The van der Waals surface area contributed by atoms with Crippen LogP contribution < -0.4 is 14.9 Å². The molecule has 0 atom stereocenters. The molecule has 162 valence electrons. The number of amides is 1. The van der Waals surface area contributed by atoms with E-state index in [9.17, 15) is 19.7 Å². The lowest BCUT2D eigenvalue weighted by atomic mass is 10.2. The summed E-state index contributed by atoms with van der Waals surface area (Å²) in [6, 6.07) is 16.6. The number of hydrazone groups is 1. The highest BCUT2D eigenvalue weighted by Gasteiger charge is 2.14. The maximum atomic E-state index is 12.3. The van der Waals surface area contributed by atoms with Gasteiger partial charge >= 0.3 is 5.97 Å². The molecule has 0 radical (unpaired) electrons. The van der Waals surface area contributed by atoms with Crippen molar-refractivity contribution >= 4 is 39.7 Å². The van der Waals surface area contributed by atoms with E-state index in [4.69, 9.17) is 9.47 Å². The van der Waals surface area contributed by atoms with Gasteiger partial charge in [0.2, 0.25) is 0 Å². The second kappa shape index (κ2) is 10.3. The minimum atomic E-state index is -0.694. The van der Waals surface area contributed by atoms with Crippen LogP contribution in [0.15, 0.2) is 76.3 Å². The van der Waals surface area contributed by atoms with Gasteiger partial charge in [0.05, 0.1) is 23.8 Å². The average molecular weight is 498 g/mol. The molecule has 0 aliphatic heterocycles. The van der Waals surface area contributed by atoms with Crippen LogP contribution in [-0.2, 0) is 0 Å². The Bertz CT molecular complexity index is 1190. The molecule has 3 aromatic carbocycles. The number of methoxy groups -OCH3 is 1. The van der Waals surface area contributed by atoms with Gasteiger partial charge in [0, 0.05) is 22.2 Å². The predicted molar refractivity (Wildman–Crippen MR) is 120 cm³/mol. The number of halogens is 1. The number of nitrogens with zero attached hydrogens (tertiary/aromatic N) is 2. The lowest BCUT2D eigenvalue weighted by Gasteiger charge is -2.10. The standard InChI is InChI=1S/C22H16BrN3O6/c1-31-20-11-14(13-24-25-21(27)16-3-2-4-17(23)12-16)5-10-19(20)32-22(28)15-6-8-18(9-7-15)26(29)30/h2-13H,1H3,(H,25,27)/b24-13+. The zero-order valence-corrected chi connectivity index (χ0v) is 18.2. The number of nitrogens with one attached hydrogen (secondary N) is 1. The van der Waals surface area contributed by atoms with Gasteiger partial charge in [-0.1, -0.05) is 22.0 Å². The van der Waals surface area contributed by atoms with E-state index in [0.717, 1.165) is 4.47 Å². The van der Waals surface area contributed by atoms with Gasteiger partial charge in [0.25, 0.3) is 11.6 Å². The Balaban J connectivity index is 1.67. The van der Waals surface area contributed by atoms with Crippen LogP contribution in [0.25, 0.3) is 0 Å². The molecule has 0 heterocycles. The molecule has 0 unspecified atom stereocenters. The number of hydrogen-bond acceptors (Lipinski definition) is 7. The van der Waals surface area contributed by atoms with Gasteiger partial charge in [-0.15, -0.1) is 0 Å². The smallest absolute Gasteiger partial charge is 0.343 e. The fourth-order valence-corrected chi connectivity index (χ4v) is 2.99. The van der Waals surface area contributed by atoms with Crippen LogP contribution in [0.1, 0.15) is 26.3 Å². The van der Waals surface area contributed by atoms with E-state index in [2.05, 4.69) is 26.5 Å². The summed E-state index contributed by atoms with van der Waals surface area (Å²) in [5.74, 6) is -0.641. The van der Waals surface area contributed by atoms with Crippen molar-refractivity contribution in [1.29, 1.82) is 0 Å². The second-order valence-electron chi connectivity index (χ2n) is 6.31. The van der Waals surface area contributed by atoms with Crippen LogP contribution in [0.4, 0.5) is 5.69 Å². The molecule has 3 aromatic rings. The van der Waals surface area contributed by atoms with Crippen molar-refractivity contribution in [3.8, 4) is 11.5 Å². The zero-order valence-electron chi connectivity index (χ0n) is 16.7. The Morgan fingerprint density at radius 3 is 2.44 bits per heavy atom. The number of non-ortho nitro benzene ring substituents is 1. The van der Waals surface area contributed by atoms with E-state index >= 15 is 0 Å². The molecule has 0 aromatic heterocycles. The average Bonchev–Trinajstić information content (AvgIpc) is 2.79. The van der Waals surface area contributed by atoms with E-state index < -0.39 is 10.9 Å². The number of esters is 1. The summed E-state index contributed by atoms with van der Waals surface area (Å²) in [4.78, 5) is 34.6. The monoisotopic (exact) mass is 497 g/mol. The molecule has 0 aliphatic rings. The molecule has 1 N–H and O–H groups in total. The van der Waals surface area contributed by atoms with Gasteiger partial charge in [-0.05, 0) is 54.1 Å². The third-order valence-corrected chi connectivity index (χ3v) is 4.66. The van der Waals surface area contributed by atoms with Crippen molar-refractivity contribution in [2.75, 3.05) is 7.11 Å².